The molecule has 0 fully saturated rings. The molecular weight excluding hydrogens is 531 g/mol. The number of sulfonamides is 1. The molecule has 0 aliphatic rings. The lowest BCUT2D eigenvalue weighted by atomic mass is 10.2. The fraction of sp³-hybridized carbons (Fsp3) is 0.192. The molecule has 2 N–H and O–H groups in total. The first kappa shape index (κ1) is 28.9. The fourth-order valence-corrected chi connectivity index (χ4v) is 4.11. The first-order valence-corrected chi connectivity index (χ1v) is 13.2. The van der Waals surface area contributed by atoms with Crippen LogP contribution in [-0.2, 0) is 19.6 Å². The van der Waals surface area contributed by atoms with Crippen LogP contribution in [0.25, 0.3) is 0 Å². The van der Waals surface area contributed by atoms with Crippen LogP contribution in [0.5, 0.6) is 17.2 Å². The molecule has 0 radical (unpaired) electrons. The Labute approximate surface area is 225 Å². The van der Waals surface area contributed by atoms with Gasteiger partial charge in [-0.25, -0.2) is 18.2 Å². The second kappa shape index (κ2) is 13.2. The highest BCUT2D eigenvalue weighted by Crippen LogP contribution is 2.33. The molecule has 3 aromatic carbocycles. The summed E-state index contributed by atoms with van der Waals surface area (Å²) in [4.78, 5) is 24.5. The Morgan fingerprint density at radius 2 is 1.62 bits per heavy atom. The Hall–Kier alpha value is -4.65. The van der Waals surface area contributed by atoms with Gasteiger partial charge in [0.25, 0.3) is 11.8 Å². The number of halogens is 1. The molecule has 0 atom stereocenters. The molecule has 0 aliphatic heterocycles. The van der Waals surface area contributed by atoms with E-state index in [0.29, 0.717) is 22.7 Å². The van der Waals surface area contributed by atoms with Crippen LogP contribution in [0.4, 0.5) is 15.8 Å². The minimum absolute atomic E-state index is 0.168. The van der Waals surface area contributed by atoms with E-state index in [9.17, 15) is 22.4 Å². The number of rotatable bonds is 12. The van der Waals surface area contributed by atoms with Gasteiger partial charge in [-0.1, -0.05) is 0 Å². The molecule has 3 aromatic rings. The standard InChI is InChI=1S/C26H27FN4O7S/c1-36-22-12-13-23(24(14-22)37-2)31(39(3,34)35)16-25(32)30-28-15-18-4-10-21(11-5-18)38-17-26(33)29-20-8-6-19(27)7-9-20/h4-15H,16-17H2,1-3H3,(H,29,33)(H,30,32)/b28-15-. The Bertz CT molecular complexity index is 1430. The van der Waals surface area contributed by atoms with Gasteiger partial charge in [-0.05, 0) is 66.2 Å². The van der Waals surface area contributed by atoms with Crippen molar-refractivity contribution in [3.05, 3.63) is 78.1 Å². The fourth-order valence-electron chi connectivity index (χ4n) is 3.25. The number of ether oxygens (including phenoxy) is 3. The minimum atomic E-state index is -3.84. The van der Waals surface area contributed by atoms with E-state index in [4.69, 9.17) is 14.2 Å². The van der Waals surface area contributed by atoms with Crippen LogP contribution >= 0.6 is 0 Å². The van der Waals surface area contributed by atoms with E-state index < -0.39 is 34.2 Å². The van der Waals surface area contributed by atoms with Crippen LogP contribution in [0.15, 0.2) is 71.8 Å². The number of carbonyl (C=O) groups is 2. The van der Waals surface area contributed by atoms with E-state index in [-0.39, 0.29) is 18.0 Å². The van der Waals surface area contributed by atoms with Gasteiger partial charge in [0.1, 0.15) is 29.6 Å². The molecule has 0 spiro atoms. The van der Waals surface area contributed by atoms with E-state index in [1.807, 2.05) is 0 Å². The number of anilines is 2. The number of methoxy groups -OCH3 is 2. The first-order valence-electron chi connectivity index (χ1n) is 11.4. The summed E-state index contributed by atoms with van der Waals surface area (Å²) < 4.78 is 54.4. The molecule has 3 rings (SSSR count). The lowest BCUT2D eigenvalue weighted by Crippen LogP contribution is -2.39. The lowest BCUT2D eigenvalue weighted by Gasteiger charge is -2.23. The number of hydrazone groups is 1. The molecule has 39 heavy (non-hydrogen) atoms. The quantitative estimate of drug-likeness (QED) is 0.258. The van der Waals surface area contributed by atoms with Crippen LogP contribution in [0, 0.1) is 5.82 Å². The van der Waals surface area contributed by atoms with E-state index in [0.717, 1.165) is 10.6 Å². The molecule has 11 nitrogen and oxygen atoms in total. The average Bonchev–Trinajstić information content (AvgIpc) is 2.91. The van der Waals surface area contributed by atoms with Crippen LogP contribution < -0.4 is 29.3 Å². The molecule has 0 saturated heterocycles. The van der Waals surface area contributed by atoms with Crippen molar-refractivity contribution in [1.29, 1.82) is 0 Å². The maximum absolute atomic E-state index is 12.9. The highest BCUT2D eigenvalue weighted by Gasteiger charge is 2.24. The van der Waals surface area contributed by atoms with Gasteiger partial charge in [0.05, 0.1) is 32.4 Å². The summed E-state index contributed by atoms with van der Waals surface area (Å²) in [7, 11) is -0.995. The van der Waals surface area contributed by atoms with Gasteiger partial charge < -0.3 is 19.5 Å². The highest BCUT2D eigenvalue weighted by atomic mass is 32.2. The van der Waals surface area contributed by atoms with Gasteiger partial charge in [0.15, 0.2) is 6.61 Å². The van der Waals surface area contributed by atoms with Crippen molar-refractivity contribution in [2.45, 2.75) is 0 Å². The number of nitrogens with one attached hydrogen (secondary N) is 2. The van der Waals surface area contributed by atoms with Gasteiger partial charge in [-0.3, -0.25) is 13.9 Å². The Morgan fingerprint density at radius 1 is 0.949 bits per heavy atom. The van der Waals surface area contributed by atoms with Crippen molar-refractivity contribution in [1.82, 2.24) is 5.43 Å². The third-order valence-electron chi connectivity index (χ3n) is 5.12. The molecule has 0 bridgehead atoms. The van der Waals surface area contributed by atoms with E-state index in [1.165, 1.54) is 56.8 Å². The third kappa shape index (κ3) is 8.71. The summed E-state index contributed by atoms with van der Waals surface area (Å²) in [5, 5.41) is 6.46. The maximum Gasteiger partial charge on any atom is 0.262 e. The third-order valence-corrected chi connectivity index (χ3v) is 6.25. The molecule has 0 aromatic heterocycles. The van der Waals surface area contributed by atoms with Crippen molar-refractivity contribution < 1.29 is 36.6 Å². The monoisotopic (exact) mass is 558 g/mol. The Balaban J connectivity index is 1.54. The molecule has 0 heterocycles. The van der Waals surface area contributed by atoms with Crippen LogP contribution in [0.2, 0.25) is 0 Å². The van der Waals surface area contributed by atoms with Gasteiger partial charge in [0.2, 0.25) is 10.0 Å². The SMILES string of the molecule is COc1ccc(N(CC(=O)N/N=C\c2ccc(OCC(=O)Nc3ccc(F)cc3)cc2)S(C)(=O)=O)c(OC)c1. The topological polar surface area (TPSA) is 136 Å². The molecule has 0 aliphatic carbocycles. The first-order chi connectivity index (χ1) is 18.6. The van der Waals surface area contributed by atoms with Crippen LogP contribution in [0.1, 0.15) is 5.56 Å². The number of hydrogen-bond donors (Lipinski definition) is 2. The van der Waals surface area contributed by atoms with E-state index in [2.05, 4.69) is 15.8 Å². The average molecular weight is 559 g/mol. The summed E-state index contributed by atoms with van der Waals surface area (Å²) in [6, 6.07) is 16.4. The van der Waals surface area contributed by atoms with Crippen molar-refractivity contribution in [3.63, 3.8) is 0 Å². The summed E-state index contributed by atoms with van der Waals surface area (Å²) in [6.45, 7) is -0.789. The largest absolute Gasteiger partial charge is 0.497 e. The van der Waals surface area contributed by atoms with Crippen molar-refractivity contribution in [3.8, 4) is 17.2 Å². The van der Waals surface area contributed by atoms with Crippen LogP contribution in [0.3, 0.4) is 0 Å². The second-order valence-corrected chi connectivity index (χ2v) is 9.92. The zero-order chi connectivity index (χ0) is 28.4. The zero-order valence-electron chi connectivity index (χ0n) is 21.4. The van der Waals surface area contributed by atoms with E-state index in [1.54, 1.807) is 30.3 Å². The molecular formula is C26H27FN4O7S. The smallest absolute Gasteiger partial charge is 0.262 e. The van der Waals surface area contributed by atoms with Gasteiger partial charge in [-0.2, -0.15) is 5.10 Å². The number of benzene rings is 3. The normalized spacial score (nSPS) is 11.1. The van der Waals surface area contributed by atoms with E-state index >= 15 is 0 Å². The molecule has 0 saturated carbocycles. The predicted octanol–water partition coefficient (Wildman–Crippen LogP) is 2.78. The molecule has 206 valence electrons. The summed E-state index contributed by atoms with van der Waals surface area (Å²) >= 11 is 0. The zero-order valence-corrected chi connectivity index (χ0v) is 22.2. The highest BCUT2D eigenvalue weighted by molar-refractivity contribution is 7.92. The Kier molecular flexibility index (Phi) is 9.81. The van der Waals surface area contributed by atoms with Gasteiger partial charge in [0, 0.05) is 11.8 Å². The maximum atomic E-state index is 12.9. The number of amides is 2. The molecule has 13 heteroatoms. The van der Waals surface area contributed by atoms with Gasteiger partial charge >= 0.3 is 0 Å². The molecule has 0 unspecified atom stereocenters. The van der Waals surface area contributed by atoms with Crippen molar-refractivity contribution >= 4 is 39.4 Å². The molecule has 2 amide bonds. The summed E-state index contributed by atoms with van der Waals surface area (Å²) in [5.41, 5.74) is 3.52. The number of nitrogens with zero attached hydrogens (tertiary/aromatic N) is 2. The summed E-state index contributed by atoms with van der Waals surface area (Å²) in [6.07, 6.45) is 2.34. The van der Waals surface area contributed by atoms with Crippen molar-refractivity contribution in [2.75, 3.05) is 43.2 Å². The summed E-state index contributed by atoms with van der Waals surface area (Å²) in [5.74, 6) is -0.402. The lowest BCUT2D eigenvalue weighted by molar-refractivity contribution is -0.119. The minimum Gasteiger partial charge on any atom is -0.497 e. The predicted molar refractivity (Wildman–Crippen MR) is 144 cm³/mol. The van der Waals surface area contributed by atoms with Gasteiger partial charge in [-0.15, -0.1) is 0 Å². The Morgan fingerprint density at radius 3 is 2.23 bits per heavy atom. The number of hydrogen-bond acceptors (Lipinski definition) is 8. The number of carbonyl (C=O) groups excluding carboxylic acids is 2. The second-order valence-electron chi connectivity index (χ2n) is 8.01. The van der Waals surface area contributed by atoms with Crippen molar-refractivity contribution in [2.24, 2.45) is 5.10 Å². The van der Waals surface area contributed by atoms with Crippen LogP contribution in [-0.4, -0.2) is 60.1 Å².